The van der Waals surface area contributed by atoms with Crippen molar-refractivity contribution >= 4 is 100 Å². The van der Waals surface area contributed by atoms with Gasteiger partial charge in [-0.15, -0.1) is 0 Å². The maximum Gasteiger partial charge on any atom is 0.303 e. The van der Waals surface area contributed by atoms with Crippen LogP contribution in [0.1, 0.15) is 167 Å². The second-order valence-corrected chi connectivity index (χ2v) is 30.6. The molecule has 2 aromatic carbocycles. The monoisotopic (exact) mass is 1620 g/mol. The first-order chi connectivity index (χ1) is 55.4. The van der Waals surface area contributed by atoms with Gasteiger partial charge < -0.3 is 89.3 Å². The third-order valence-electron chi connectivity index (χ3n) is 21.7. The fourth-order valence-corrected chi connectivity index (χ4v) is 15.1. The van der Waals surface area contributed by atoms with Crippen LogP contribution in [0.5, 0.6) is 0 Å². The van der Waals surface area contributed by atoms with E-state index in [9.17, 15) is 96.8 Å². The van der Waals surface area contributed by atoms with Gasteiger partial charge in [-0.25, -0.2) is 0 Å². The number of ketones is 3. The first-order valence-corrected chi connectivity index (χ1v) is 40.1. The SMILES string of the molecule is CC(C)[C@H](CC(=O)[C@@H]1CCCN1C(=O)[C@@H]1CCCN1C(=O)[C@@H](CCCCN=[N+]=[N-])NC(=O)[C@H](CO)CC(=O)[C@H](CCC(=O)O)NC(=O)[C@@H]1CCCN1C(=O)[C@H](CCCCN)NC(=O)[C@H](CCC(N)=O)CC(=O)[C@H](Cc1ccccc1)NC(=O)[C@@H](C)Cc1ccccc1)C(=O)N1CCC[C@H]1C(=O)NCC(=O)NCC(=O)N[C@@H](CO)C(N)=O. The molecule has 4 aliphatic heterocycles. The van der Waals surface area contributed by atoms with Crippen LogP contribution < -0.4 is 54.4 Å². The van der Waals surface area contributed by atoms with Crippen LogP contribution in [-0.4, -0.2) is 255 Å². The Labute approximate surface area is 673 Å². The van der Waals surface area contributed by atoms with Crippen molar-refractivity contribution in [3.8, 4) is 0 Å². The fourth-order valence-electron chi connectivity index (χ4n) is 15.1. The van der Waals surface area contributed by atoms with Gasteiger partial charge in [-0.1, -0.05) is 93.0 Å². The quantitative estimate of drug-likeness (QED) is 0.0169. The lowest BCUT2D eigenvalue weighted by atomic mass is 9.87. The van der Waals surface area contributed by atoms with Gasteiger partial charge in [-0.3, -0.25) is 81.5 Å². The number of carbonyl (C=O) groups is 17. The van der Waals surface area contributed by atoms with Crippen molar-refractivity contribution in [2.45, 2.75) is 223 Å². The summed E-state index contributed by atoms with van der Waals surface area (Å²) >= 11 is 0. The van der Waals surface area contributed by atoms with Crippen LogP contribution in [0.4, 0.5) is 0 Å². The summed E-state index contributed by atoms with van der Waals surface area (Å²) < 4.78 is 0. The average Bonchev–Trinajstić information content (AvgIpc) is 1.61. The topological polar surface area (TPSA) is 575 Å². The molecule has 4 fully saturated rings. The number of carboxylic acid groups (broad SMARTS) is 1. The highest BCUT2D eigenvalue weighted by Crippen LogP contribution is 2.32. The smallest absolute Gasteiger partial charge is 0.303 e. The molecule has 0 saturated carbocycles. The molecular weight excluding hydrogens is 1510 g/mol. The van der Waals surface area contributed by atoms with Gasteiger partial charge in [0, 0.05) is 87.5 Å². The van der Waals surface area contributed by atoms with Crippen molar-refractivity contribution in [3.63, 3.8) is 0 Å². The van der Waals surface area contributed by atoms with Gasteiger partial charge in [-0.05, 0) is 138 Å². The number of carboxylic acids is 1. The summed E-state index contributed by atoms with van der Waals surface area (Å²) in [6.45, 7) is 2.75. The van der Waals surface area contributed by atoms with Crippen LogP contribution in [0.3, 0.4) is 0 Å². The van der Waals surface area contributed by atoms with E-state index in [1.807, 2.05) is 30.3 Å². The van der Waals surface area contributed by atoms with Crippen molar-refractivity contribution in [2.24, 2.45) is 51.9 Å². The number of unbranched alkanes of at least 4 members (excludes halogenated alkanes) is 2. The molecule has 13 amide bonds. The maximum absolute atomic E-state index is 14.9. The van der Waals surface area contributed by atoms with E-state index in [1.54, 1.807) is 51.1 Å². The molecule has 16 N–H and O–H groups in total. The van der Waals surface area contributed by atoms with Gasteiger partial charge in [-0.2, -0.15) is 0 Å². The Morgan fingerprint density at radius 3 is 1.57 bits per heavy atom. The van der Waals surface area contributed by atoms with E-state index in [4.69, 9.17) is 22.7 Å². The lowest BCUT2D eigenvalue weighted by Crippen LogP contribution is -2.56. The van der Waals surface area contributed by atoms with Crippen LogP contribution in [0, 0.1) is 29.6 Å². The summed E-state index contributed by atoms with van der Waals surface area (Å²) in [6, 6.07) is 6.88. The van der Waals surface area contributed by atoms with Crippen molar-refractivity contribution in [3.05, 3.63) is 82.2 Å². The highest BCUT2D eigenvalue weighted by molar-refractivity contribution is 6.01. The standard InChI is InChI=1S/C79H115N17O20/c1-47(2)53(76(113)94-35-15-25-60(94)74(111)85-43-67(103)84-44-68(104)87-58(46-98)70(82)107)42-65(101)59-24-14-34-93(59)79(116)62-27-17-37-96(62)78(115)56(23-11-13-33-86-92-83)90-73(110)52(45-97)41-63(99)54(29-31-69(105)106)88-75(112)61-26-16-36-95(61)77(114)55(22-10-12-32-80)89-72(109)51(28-30-66(81)102)40-64(100)57(39-50-20-8-5-9-21-50)91-71(108)48(3)38-49-18-6-4-7-19-49/h4-9,18-21,47-48,51-62,97-98H,10-17,22-46,80H2,1-3H3,(H2,81,102)(H2,82,107)(H,84,103)(H,85,111)(H,87,104)(H,88,112)(H,89,109)(H,90,110)(H,91,108)(H,105,106)/t48-,51+,52-,53-,54-,55-,56+,57-,58-,59-,60-,61-,62-/m0/s1. The van der Waals surface area contributed by atoms with E-state index in [1.165, 1.54) is 19.6 Å². The van der Waals surface area contributed by atoms with Crippen LogP contribution in [0.2, 0.25) is 0 Å². The number of aliphatic hydroxyl groups is 2. The number of rotatable bonds is 50. The lowest BCUT2D eigenvalue weighted by molar-refractivity contribution is -0.149. The summed E-state index contributed by atoms with van der Waals surface area (Å²) in [6.07, 6.45) is 0.158. The summed E-state index contributed by atoms with van der Waals surface area (Å²) in [7, 11) is 0. The van der Waals surface area contributed by atoms with Gasteiger partial charge in [0.05, 0.1) is 50.3 Å². The Morgan fingerprint density at radius 1 is 0.509 bits per heavy atom. The number of amides is 13. The van der Waals surface area contributed by atoms with E-state index < -0.39 is 236 Å². The minimum absolute atomic E-state index is 0.000215. The zero-order chi connectivity index (χ0) is 85.1. The van der Waals surface area contributed by atoms with Gasteiger partial charge in [0.1, 0.15) is 36.3 Å². The zero-order valence-electron chi connectivity index (χ0n) is 66.3. The Hall–Kier alpha value is -10.8. The van der Waals surface area contributed by atoms with E-state index >= 15 is 0 Å². The Balaban J connectivity index is 1.12. The molecule has 0 bridgehead atoms. The number of nitrogens with two attached hydrogens (primary N) is 3. The Kier molecular flexibility index (Phi) is 38.9. The third-order valence-corrected chi connectivity index (χ3v) is 21.7. The number of nitrogens with zero attached hydrogens (tertiary/aromatic N) is 7. The summed E-state index contributed by atoms with van der Waals surface area (Å²) in [5, 5.41) is 51.2. The molecule has 0 radical (unpaired) electrons. The Morgan fingerprint density at radius 2 is 1.02 bits per heavy atom. The second kappa shape index (κ2) is 47.9. The van der Waals surface area contributed by atoms with Gasteiger partial charge in [0.2, 0.25) is 76.8 Å². The summed E-state index contributed by atoms with van der Waals surface area (Å²) in [4.78, 5) is 242. The fraction of sp³-hybridized carbons (Fsp3) is 0.633. The van der Waals surface area contributed by atoms with Gasteiger partial charge in [0.25, 0.3) is 0 Å². The molecule has 13 atom stereocenters. The van der Waals surface area contributed by atoms with E-state index in [2.05, 4.69) is 47.2 Å². The predicted molar refractivity (Wildman–Crippen MR) is 418 cm³/mol. The maximum atomic E-state index is 14.9. The molecule has 37 nitrogen and oxygen atoms in total. The third kappa shape index (κ3) is 28.9. The zero-order valence-corrected chi connectivity index (χ0v) is 66.3. The van der Waals surface area contributed by atoms with Gasteiger partial charge >= 0.3 is 5.97 Å². The number of aliphatic carboxylic acids is 1. The molecule has 0 aromatic heterocycles. The van der Waals surface area contributed by atoms with E-state index in [-0.39, 0.29) is 123 Å². The molecule has 636 valence electrons. The minimum atomic E-state index is -1.63. The van der Waals surface area contributed by atoms with Crippen LogP contribution in [0.15, 0.2) is 65.8 Å². The van der Waals surface area contributed by atoms with Crippen molar-refractivity contribution in [2.75, 3.05) is 65.6 Å². The van der Waals surface area contributed by atoms with Crippen molar-refractivity contribution in [1.82, 2.24) is 56.8 Å². The Bertz CT molecular complexity index is 3830. The molecule has 6 rings (SSSR count). The summed E-state index contributed by atoms with van der Waals surface area (Å²) in [5.74, 6) is -17.7. The molecule has 4 saturated heterocycles. The number of hydrogen-bond donors (Lipinski definition) is 13. The van der Waals surface area contributed by atoms with Crippen LogP contribution >= 0.6 is 0 Å². The molecule has 37 heteroatoms. The molecule has 2 aromatic rings. The normalized spacial score (nSPS) is 18.8. The van der Waals surface area contributed by atoms with Crippen molar-refractivity contribution < 1.29 is 96.8 Å². The number of primary amides is 2. The molecule has 116 heavy (non-hydrogen) atoms. The highest BCUT2D eigenvalue weighted by atomic mass is 16.4. The number of aliphatic hydroxyl groups excluding tert-OH is 2. The summed E-state index contributed by atoms with van der Waals surface area (Å²) in [5.41, 5.74) is 27.2. The highest BCUT2D eigenvalue weighted by Gasteiger charge is 2.47. The lowest BCUT2D eigenvalue weighted by Gasteiger charge is -2.34. The number of azide groups is 1. The largest absolute Gasteiger partial charge is 0.481 e. The number of benzene rings is 2. The number of carbonyl (C=O) groups excluding carboxylic acids is 16. The van der Waals surface area contributed by atoms with Gasteiger partial charge in [0.15, 0.2) is 17.3 Å². The number of nitrogens with one attached hydrogen (secondary N) is 7. The minimum Gasteiger partial charge on any atom is -0.481 e. The van der Waals surface area contributed by atoms with E-state index in [0.29, 0.717) is 44.1 Å². The molecule has 0 aliphatic carbocycles. The molecular formula is C79H115N17O20. The number of hydrogen-bond acceptors (Lipinski definition) is 21. The second-order valence-electron chi connectivity index (χ2n) is 30.6. The van der Waals surface area contributed by atoms with Crippen LogP contribution in [-0.2, 0) is 94.3 Å². The molecule has 0 spiro atoms. The molecule has 4 heterocycles. The van der Waals surface area contributed by atoms with E-state index in [0.717, 1.165) is 5.56 Å². The van der Waals surface area contributed by atoms with Crippen LogP contribution in [0.25, 0.3) is 10.4 Å². The van der Waals surface area contributed by atoms with Crippen molar-refractivity contribution in [1.29, 1.82) is 0 Å². The number of likely N-dealkylation sites (tertiary alicyclic amines) is 4. The first-order valence-electron chi connectivity index (χ1n) is 40.1. The number of Topliss-reactive ketones (excluding diaryl/α,β-unsaturated/α-hetero) is 3. The first kappa shape index (κ1) is 94.1. The average molecular weight is 1620 g/mol. The molecule has 0 unspecified atom stereocenters. The predicted octanol–water partition coefficient (Wildman–Crippen LogP) is -0.680. The molecule has 4 aliphatic rings.